The van der Waals surface area contributed by atoms with E-state index in [1.165, 1.54) is 11.1 Å². The van der Waals surface area contributed by atoms with Crippen LogP contribution in [-0.2, 0) is 4.79 Å². The molecular weight excluding hydrogens is 424 g/mol. The summed E-state index contributed by atoms with van der Waals surface area (Å²) in [5.74, 6) is 0.0221. The Morgan fingerprint density at radius 1 is 0.971 bits per heavy atom. The maximum absolute atomic E-state index is 12.7. The second-order valence-electron chi connectivity index (χ2n) is 14.5. The zero-order valence-electron chi connectivity index (χ0n) is 22.2. The smallest absolute Gasteiger partial charge is 0.313 e. The Hall–Kier alpha value is -1.13. The summed E-state index contributed by atoms with van der Waals surface area (Å²) in [4.78, 5) is 12.7. The Balaban J connectivity index is 1.67. The van der Waals surface area contributed by atoms with E-state index in [0.717, 1.165) is 57.8 Å². The molecule has 3 N–H and O–H groups in total. The first kappa shape index (κ1) is 24.6. The van der Waals surface area contributed by atoms with Crippen LogP contribution in [0.5, 0.6) is 0 Å². The third-order valence-electron chi connectivity index (χ3n) is 12.6. The van der Waals surface area contributed by atoms with Crippen LogP contribution >= 0.6 is 0 Å². The molecule has 0 spiro atoms. The Labute approximate surface area is 205 Å². The largest absolute Gasteiger partial charge is 0.481 e. The molecule has 5 rings (SSSR count). The maximum atomic E-state index is 12.7. The molecular formula is C30H46O4. The standard InChI is InChI=1S/C30H46O4/c1-25(2)13-15-30(24(33)34)16-14-28(5)19(20(30)17-25)7-8-22-26(3)11-10-23(32)27(4,18-31)21(26)9-12-29(22,28)6/h7-8,21-23,31-32H,9-18H2,1-6H3,(H,33,34)/t21-,22-,23+,26+,27+,28-,29-,30+/m1/s1. The number of aliphatic hydroxyl groups is 2. The number of carboxylic acid groups (broad SMARTS) is 1. The number of hydrogen-bond donors (Lipinski definition) is 3. The van der Waals surface area contributed by atoms with E-state index in [2.05, 4.69) is 53.7 Å². The predicted molar refractivity (Wildman–Crippen MR) is 134 cm³/mol. The highest BCUT2D eigenvalue weighted by Gasteiger charge is 2.67. The summed E-state index contributed by atoms with van der Waals surface area (Å²) in [6.07, 6.45) is 12.4. The van der Waals surface area contributed by atoms with Crippen LogP contribution in [0.4, 0.5) is 0 Å². The van der Waals surface area contributed by atoms with Crippen LogP contribution in [-0.4, -0.2) is 34.0 Å². The Morgan fingerprint density at radius 2 is 1.65 bits per heavy atom. The van der Waals surface area contributed by atoms with Gasteiger partial charge >= 0.3 is 5.97 Å². The van der Waals surface area contributed by atoms with Gasteiger partial charge in [0, 0.05) is 5.41 Å². The lowest BCUT2D eigenvalue weighted by molar-refractivity contribution is -0.198. The van der Waals surface area contributed by atoms with E-state index in [1.54, 1.807) is 0 Å². The van der Waals surface area contributed by atoms with Gasteiger partial charge in [-0.25, -0.2) is 0 Å². The van der Waals surface area contributed by atoms with Crippen molar-refractivity contribution in [3.05, 3.63) is 23.3 Å². The number of rotatable bonds is 2. The first-order chi connectivity index (χ1) is 15.7. The Bertz CT molecular complexity index is 963. The van der Waals surface area contributed by atoms with Crippen LogP contribution in [0.2, 0.25) is 0 Å². The molecule has 34 heavy (non-hydrogen) atoms. The molecule has 0 bridgehead atoms. The van der Waals surface area contributed by atoms with Gasteiger partial charge in [-0.1, -0.05) is 53.7 Å². The predicted octanol–water partition coefficient (Wildman–Crippen LogP) is 6.13. The number of aliphatic carboxylic acids is 1. The van der Waals surface area contributed by atoms with E-state index in [-0.39, 0.29) is 34.2 Å². The first-order valence-electron chi connectivity index (χ1n) is 13.6. The minimum absolute atomic E-state index is 0.0204. The van der Waals surface area contributed by atoms with Gasteiger partial charge in [-0.05, 0) is 102 Å². The van der Waals surface area contributed by atoms with Crippen LogP contribution in [0, 0.1) is 44.3 Å². The fourth-order valence-electron chi connectivity index (χ4n) is 9.98. The number of aliphatic hydroxyl groups excluding tert-OH is 2. The second-order valence-corrected chi connectivity index (χ2v) is 14.5. The van der Waals surface area contributed by atoms with Crippen LogP contribution < -0.4 is 0 Å². The second kappa shape index (κ2) is 7.22. The summed E-state index contributed by atoms with van der Waals surface area (Å²) in [5.41, 5.74) is 1.55. The summed E-state index contributed by atoms with van der Waals surface area (Å²) in [6, 6.07) is 0. The highest BCUT2D eigenvalue weighted by Crippen LogP contribution is 2.74. The van der Waals surface area contributed by atoms with Gasteiger partial charge in [0.2, 0.25) is 0 Å². The molecule has 0 unspecified atom stereocenters. The molecule has 8 atom stereocenters. The van der Waals surface area contributed by atoms with Gasteiger partial charge < -0.3 is 15.3 Å². The van der Waals surface area contributed by atoms with Gasteiger partial charge in [-0.3, -0.25) is 4.79 Å². The summed E-state index contributed by atoms with van der Waals surface area (Å²) in [7, 11) is 0. The van der Waals surface area contributed by atoms with Crippen molar-refractivity contribution in [1.29, 1.82) is 0 Å². The fourth-order valence-corrected chi connectivity index (χ4v) is 9.98. The van der Waals surface area contributed by atoms with E-state index in [1.807, 2.05) is 0 Å². The number of hydrogen-bond acceptors (Lipinski definition) is 3. The summed E-state index contributed by atoms with van der Waals surface area (Å²) >= 11 is 0. The van der Waals surface area contributed by atoms with E-state index < -0.39 is 22.9 Å². The molecule has 0 heterocycles. The molecule has 5 aliphatic rings. The van der Waals surface area contributed by atoms with E-state index in [9.17, 15) is 20.1 Å². The van der Waals surface area contributed by atoms with Gasteiger partial charge in [0.05, 0.1) is 18.1 Å². The van der Waals surface area contributed by atoms with E-state index in [0.29, 0.717) is 5.92 Å². The molecule has 0 aromatic heterocycles. The number of allylic oxidation sites excluding steroid dienone is 3. The Kier molecular flexibility index (Phi) is 5.21. The van der Waals surface area contributed by atoms with Gasteiger partial charge in [0.25, 0.3) is 0 Å². The Morgan fingerprint density at radius 3 is 2.29 bits per heavy atom. The summed E-state index contributed by atoms with van der Waals surface area (Å²) in [6.45, 7) is 14.0. The number of fused-ring (bicyclic) bond motifs is 6. The molecule has 0 radical (unpaired) electrons. The van der Waals surface area contributed by atoms with Crippen LogP contribution in [0.3, 0.4) is 0 Å². The van der Waals surface area contributed by atoms with E-state index in [4.69, 9.17) is 0 Å². The highest BCUT2D eigenvalue weighted by molar-refractivity contribution is 5.80. The van der Waals surface area contributed by atoms with Crippen molar-refractivity contribution < 1.29 is 20.1 Å². The molecule has 0 aromatic carbocycles. The van der Waals surface area contributed by atoms with E-state index >= 15 is 0 Å². The normalized spacial score (nSPS) is 51.7. The summed E-state index contributed by atoms with van der Waals surface area (Å²) < 4.78 is 0. The topological polar surface area (TPSA) is 77.8 Å². The van der Waals surface area contributed by atoms with Gasteiger partial charge in [-0.15, -0.1) is 0 Å². The van der Waals surface area contributed by atoms with Crippen molar-refractivity contribution in [3.63, 3.8) is 0 Å². The minimum Gasteiger partial charge on any atom is -0.481 e. The molecule has 4 nitrogen and oxygen atoms in total. The average Bonchev–Trinajstić information content (AvgIpc) is 2.76. The molecule has 0 saturated heterocycles. The molecule has 5 aliphatic carbocycles. The van der Waals surface area contributed by atoms with Crippen molar-refractivity contribution in [3.8, 4) is 0 Å². The third-order valence-corrected chi connectivity index (χ3v) is 12.6. The lowest BCUT2D eigenvalue weighted by Crippen LogP contribution is -2.64. The molecule has 3 fully saturated rings. The zero-order valence-corrected chi connectivity index (χ0v) is 22.2. The van der Waals surface area contributed by atoms with Crippen LogP contribution in [0.25, 0.3) is 0 Å². The van der Waals surface area contributed by atoms with Crippen molar-refractivity contribution in [2.45, 2.75) is 105 Å². The third kappa shape index (κ3) is 2.82. The van der Waals surface area contributed by atoms with Crippen LogP contribution in [0.1, 0.15) is 99.3 Å². The van der Waals surface area contributed by atoms with Crippen molar-refractivity contribution in [2.75, 3.05) is 6.61 Å². The average molecular weight is 471 g/mol. The SMILES string of the molecule is CC1(C)CC[C@]2(C(=O)O)CC[C@]3(C)C(=C2C1)C=C[C@@H]1[C@@]2(C)CC[C@H](O)[C@@](C)(CO)[C@@H]2CC[C@]13C. The number of carboxylic acids is 1. The van der Waals surface area contributed by atoms with Gasteiger partial charge in [-0.2, -0.15) is 0 Å². The van der Waals surface area contributed by atoms with Gasteiger partial charge in [0.15, 0.2) is 0 Å². The molecule has 0 amide bonds. The monoisotopic (exact) mass is 470 g/mol. The molecule has 0 aliphatic heterocycles. The molecule has 190 valence electrons. The lowest BCUT2D eigenvalue weighted by Gasteiger charge is -2.69. The van der Waals surface area contributed by atoms with Crippen LogP contribution in [0.15, 0.2) is 23.3 Å². The maximum Gasteiger partial charge on any atom is 0.313 e. The van der Waals surface area contributed by atoms with Crippen molar-refractivity contribution in [2.24, 2.45) is 44.3 Å². The quantitative estimate of drug-likeness (QED) is 0.454. The first-order valence-corrected chi connectivity index (χ1v) is 13.6. The lowest BCUT2D eigenvalue weighted by atomic mass is 9.35. The molecule has 0 aromatic rings. The number of carbonyl (C=O) groups is 1. The molecule has 3 saturated carbocycles. The zero-order chi connectivity index (χ0) is 24.9. The van der Waals surface area contributed by atoms with Gasteiger partial charge in [0.1, 0.15) is 0 Å². The molecule has 4 heteroatoms. The van der Waals surface area contributed by atoms with Crippen molar-refractivity contribution in [1.82, 2.24) is 0 Å². The fraction of sp³-hybridized carbons (Fsp3) is 0.833. The minimum atomic E-state index is -0.691. The highest BCUT2D eigenvalue weighted by atomic mass is 16.4. The summed E-state index contributed by atoms with van der Waals surface area (Å²) in [5, 5.41) is 31.8. The van der Waals surface area contributed by atoms with Crippen molar-refractivity contribution >= 4 is 5.97 Å².